The SMILES string of the molecule is CC(=CCCC(C)=CC[Se]c1ccccc1)CO. The molecule has 0 aliphatic heterocycles. The molecule has 1 aromatic rings. The van der Waals surface area contributed by atoms with Crippen molar-refractivity contribution in [3.8, 4) is 0 Å². The Hall–Kier alpha value is -0.821. The van der Waals surface area contributed by atoms with Gasteiger partial charge in [-0.1, -0.05) is 0 Å². The second-order valence-corrected chi connectivity index (χ2v) is 6.72. The van der Waals surface area contributed by atoms with Gasteiger partial charge in [0.15, 0.2) is 0 Å². The molecule has 1 N–H and O–H groups in total. The van der Waals surface area contributed by atoms with Gasteiger partial charge in [0.2, 0.25) is 0 Å². The van der Waals surface area contributed by atoms with Crippen LogP contribution in [0.4, 0.5) is 0 Å². The van der Waals surface area contributed by atoms with Gasteiger partial charge in [-0.15, -0.1) is 0 Å². The first-order chi connectivity index (χ1) is 8.72. The Bertz CT molecular complexity index is 393. The first kappa shape index (κ1) is 15.2. The van der Waals surface area contributed by atoms with Crippen LogP contribution in [0.15, 0.2) is 53.6 Å². The molecule has 0 radical (unpaired) electrons. The molecule has 0 saturated heterocycles. The molecule has 0 aromatic heterocycles. The topological polar surface area (TPSA) is 20.2 Å². The van der Waals surface area contributed by atoms with E-state index in [1.165, 1.54) is 15.4 Å². The third kappa shape index (κ3) is 6.80. The van der Waals surface area contributed by atoms with E-state index in [1.807, 2.05) is 6.92 Å². The van der Waals surface area contributed by atoms with E-state index in [0.717, 1.165) is 18.4 Å². The van der Waals surface area contributed by atoms with Gasteiger partial charge >= 0.3 is 117 Å². The Labute approximate surface area is 117 Å². The minimum atomic E-state index is 0.180. The Kier molecular flexibility index (Phi) is 7.75. The maximum atomic E-state index is 8.89. The fraction of sp³-hybridized carbons (Fsp3) is 0.375. The third-order valence-electron chi connectivity index (χ3n) is 2.71. The summed E-state index contributed by atoms with van der Waals surface area (Å²) in [7, 11) is 0. The van der Waals surface area contributed by atoms with Crippen LogP contribution >= 0.6 is 0 Å². The van der Waals surface area contributed by atoms with Gasteiger partial charge in [-0.05, 0) is 0 Å². The van der Waals surface area contributed by atoms with Crippen LogP contribution < -0.4 is 4.46 Å². The number of benzene rings is 1. The average molecular weight is 309 g/mol. The summed E-state index contributed by atoms with van der Waals surface area (Å²) in [5.74, 6) is 0. The van der Waals surface area contributed by atoms with Crippen LogP contribution in [0.2, 0.25) is 5.32 Å². The van der Waals surface area contributed by atoms with Crippen LogP contribution in [0.25, 0.3) is 0 Å². The number of hydrogen-bond donors (Lipinski definition) is 1. The standard InChI is InChI=1S/C16H22OSe/c1-14(7-6-8-15(2)13-17)11-12-18-16-9-4-3-5-10-16/h3-5,8-11,17H,6-7,12-13H2,1-2H3. The molecular weight excluding hydrogens is 287 g/mol. The first-order valence-corrected chi connectivity index (χ1v) is 8.39. The first-order valence-electron chi connectivity index (χ1n) is 6.32. The van der Waals surface area contributed by atoms with Crippen molar-refractivity contribution in [3.05, 3.63) is 53.6 Å². The fourth-order valence-corrected chi connectivity index (χ4v) is 3.42. The van der Waals surface area contributed by atoms with E-state index < -0.39 is 0 Å². The van der Waals surface area contributed by atoms with Crippen LogP contribution in [0.5, 0.6) is 0 Å². The summed E-state index contributed by atoms with van der Waals surface area (Å²) in [5, 5.41) is 10.1. The van der Waals surface area contributed by atoms with Crippen molar-refractivity contribution in [1.29, 1.82) is 0 Å². The van der Waals surface area contributed by atoms with E-state index in [-0.39, 0.29) is 6.61 Å². The minimum absolute atomic E-state index is 0.180. The molecule has 1 rings (SSSR count). The molecule has 0 spiro atoms. The molecule has 98 valence electrons. The van der Waals surface area contributed by atoms with Gasteiger partial charge in [0, 0.05) is 0 Å². The zero-order valence-electron chi connectivity index (χ0n) is 11.2. The van der Waals surface area contributed by atoms with Gasteiger partial charge in [-0.25, -0.2) is 0 Å². The summed E-state index contributed by atoms with van der Waals surface area (Å²) in [5.41, 5.74) is 2.52. The molecule has 0 aliphatic carbocycles. The molecule has 0 aliphatic rings. The van der Waals surface area contributed by atoms with E-state index in [4.69, 9.17) is 5.11 Å². The van der Waals surface area contributed by atoms with Crippen LogP contribution in [0.1, 0.15) is 26.7 Å². The number of allylic oxidation sites excluding steroid dienone is 3. The Morgan fingerprint density at radius 1 is 1.11 bits per heavy atom. The summed E-state index contributed by atoms with van der Waals surface area (Å²) in [6.45, 7) is 4.35. The fourth-order valence-electron chi connectivity index (χ4n) is 1.51. The van der Waals surface area contributed by atoms with Crippen molar-refractivity contribution in [2.75, 3.05) is 6.61 Å². The van der Waals surface area contributed by atoms with Gasteiger partial charge < -0.3 is 0 Å². The van der Waals surface area contributed by atoms with Gasteiger partial charge in [-0.2, -0.15) is 0 Å². The molecule has 2 heteroatoms. The van der Waals surface area contributed by atoms with Crippen LogP contribution in [0.3, 0.4) is 0 Å². The zero-order chi connectivity index (χ0) is 13.2. The zero-order valence-corrected chi connectivity index (χ0v) is 12.9. The van der Waals surface area contributed by atoms with Crippen LogP contribution in [0, 0.1) is 0 Å². The second-order valence-electron chi connectivity index (χ2n) is 4.42. The average Bonchev–Trinajstić information content (AvgIpc) is 2.39. The predicted molar refractivity (Wildman–Crippen MR) is 80.5 cm³/mol. The van der Waals surface area contributed by atoms with Crippen molar-refractivity contribution in [2.45, 2.75) is 32.0 Å². The summed E-state index contributed by atoms with van der Waals surface area (Å²) < 4.78 is 1.46. The van der Waals surface area contributed by atoms with Crippen molar-refractivity contribution in [3.63, 3.8) is 0 Å². The van der Waals surface area contributed by atoms with E-state index >= 15 is 0 Å². The molecule has 0 atom stereocenters. The van der Waals surface area contributed by atoms with E-state index in [0.29, 0.717) is 15.0 Å². The molecule has 0 amide bonds. The molecule has 18 heavy (non-hydrogen) atoms. The quantitative estimate of drug-likeness (QED) is 0.606. The summed E-state index contributed by atoms with van der Waals surface area (Å²) in [4.78, 5) is 0. The van der Waals surface area contributed by atoms with Crippen molar-refractivity contribution < 1.29 is 5.11 Å². The molecule has 1 aromatic carbocycles. The number of aliphatic hydroxyl groups is 1. The van der Waals surface area contributed by atoms with Crippen LogP contribution in [-0.2, 0) is 0 Å². The number of aliphatic hydroxyl groups excluding tert-OH is 1. The molecular formula is C16H22OSe. The number of rotatable bonds is 7. The Balaban J connectivity index is 2.26. The van der Waals surface area contributed by atoms with Crippen LogP contribution in [-0.4, -0.2) is 26.7 Å². The van der Waals surface area contributed by atoms with Gasteiger partial charge in [0.05, 0.1) is 0 Å². The summed E-state index contributed by atoms with van der Waals surface area (Å²) >= 11 is 0.555. The maximum absolute atomic E-state index is 8.89. The molecule has 1 nitrogen and oxygen atoms in total. The van der Waals surface area contributed by atoms with E-state index in [1.54, 1.807) is 0 Å². The second kappa shape index (κ2) is 9.16. The summed E-state index contributed by atoms with van der Waals surface area (Å²) in [6, 6.07) is 10.7. The molecule has 0 saturated carbocycles. The third-order valence-corrected chi connectivity index (χ3v) is 4.68. The normalized spacial score (nSPS) is 12.8. The van der Waals surface area contributed by atoms with Gasteiger partial charge in [0.1, 0.15) is 0 Å². The Morgan fingerprint density at radius 3 is 2.50 bits per heavy atom. The van der Waals surface area contributed by atoms with E-state index in [2.05, 4.69) is 49.4 Å². The molecule has 0 heterocycles. The Morgan fingerprint density at radius 2 is 1.83 bits per heavy atom. The van der Waals surface area contributed by atoms with Gasteiger partial charge in [0.25, 0.3) is 0 Å². The van der Waals surface area contributed by atoms with Gasteiger partial charge in [-0.3, -0.25) is 0 Å². The predicted octanol–water partition coefficient (Wildman–Crippen LogP) is 3.10. The molecule has 0 unspecified atom stereocenters. The summed E-state index contributed by atoms with van der Waals surface area (Å²) in [6.07, 6.45) is 6.62. The molecule has 0 fully saturated rings. The van der Waals surface area contributed by atoms with Crippen molar-refractivity contribution >= 4 is 19.4 Å². The van der Waals surface area contributed by atoms with Crippen molar-refractivity contribution in [1.82, 2.24) is 0 Å². The van der Waals surface area contributed by atoms with Crippen molar-refractivity contribution in [2.24, 2.45) is 0 Å². The molecule has 0 bridgehead atoms. The number of hydrogen-bond acceptors (Lipinski definition) is 1. The van der Waals surface area contributed by atoms with E-state index in [9.17, 15) is 0 Å². The monoisotopic (exact) mass is 310 g/mol.